The number of hydrogen-bond donors (Lipinski definition) is 1. The molecule has 0 spiro atoms. The standard InChI is InChI=1S/C17H20N2O3S2/c1-3-22-16(21)8-14-10-24-17(18-14)19-15(20)11-23-9-13-6-4-5-12(2)7-13/h4-7,10H,3,8-9,11H2,1-2H3,(H,18,19,20). The smallest absolute Gasteiger partial charge is 0.311 e. The van der Waals surface area contributed by atoms with Gasteiger partial charge in [-0.15, -0.1) is 23.1 Å². The van der Waals surface area contributed by atoms with Gasteiger partial charge in [0.15, 0.2) is 5.13 Å². The highest BCUT2D eigenvalue weighted by atomic mass is 32.2. The first-order valence-corrected chi connectivity index (χ1v) is 9.63. The zero-order valence-electron chi connectivity index (χ0n) is 13.7. The van der Waals surface area contributed by atoms with Crippen LogP contribution in [0.15, 0.2) is 29.6 Å². The number of aryl methyl sites for hydroxylation is 1. The zero-order valence-corrected chi connectivity index (χ0v) is 15.3. The van der Waals surface area contributed by atoms with Crippen molar-refractivity contribution in [2.75, 3.05) is 17.7 Å². The number of thiazole rings is 1. The first-order valence-electron chi connectivity index (χ1n) is 7.60. The van der Waals surface area contributed by atoms with Crippen LogP contribution in [0, 0.1) is 6.92 Å². The normalized spacial score (nSPS) is 10.4. The molecular weight excluding hydrogens is 344 g/mol. The molecule has 0 fully saturated rings. The van der Waals surface area contributed by atoms with Gasteiger partial charge in [-0.05, 0) is 19.4 Å². The topological polar surface area (TPSA) is 68.3 Å². The maximum Gasteiger partial charge on any atom is 0.311 e. The third kappa shape index (κ3) is 6.33. The molecule has 1 aromatic carbocycles. The second-order valence-electron chi connectivity index (χ2n) is 5.16. The highest BCUT2D eigenvalue weighted by Crippen LogP contribution is 2.18. The molecule has 0 aliphatic rings. The van der Waals surface area contributed by atoms with E-state index in [1.54, 1.807) is 24.1 Å². The molecule has 5 nitrogen and oxygen atoms in total. The molecule has 0 saturated carbocycles. The lowest BCUT2D eigenvalue weighted by atomic mass is 10.2. The lowest BCUT2D eigenvalue weighted by molar-refractivity contribution is -0.142. The lowest BCUT2D eigenvalue weighted by Crippen LogP contribution is -2.14. The number of rotatable bonds is 8. The van der Waals surface area contributed by atoms with Crippen molar-refractivity contribution >= 4 is 40.1 Å². The van der Waals surface area contributed by atoms with Crippen molar-refractivity contribution in [1.82, 2.24) is 4.98 Å². The van der Waals surface area contributed by atoms with E-state index in [2.05, 4.69) is 35.4 Å². The third-order valence-corrected chi connectivity index (χ3v) is 4.82. The summed E-state index contributed by atoms with van der Waals surface area (Å²) in [6.45, 7) is 4.17. The summed E-state index contributed by atoms with van der Waals surface area (Å²) in [6.07, 6.45) is 0.127. The Balaban J connectivity index is 1.74. The molecule has 24 heavy (non-hydrogen) atoms. The van der Waals surface area contributed by atoms with Gasteiger partial charge in [0.2, 0.25) is 5.91 Å². The molecule has 0 aliphatic carbocycles. The van der Waals surface area contributed by atoms with Crippen molar-refractivity contribution in [2.45, 2.75) is 26.0 Å². The number of anilines is 1. The number of hydrogen-bond acceptors (Lipinski definition) is 6. The number of aromatic nitrogens is 1. The molecule has 1 aromatic heterocycles. The number of carbonyl (C=O) groups is 2. The van der Waals surface area contributed by atoms with E-state index in [1.807, 2.05) is 6.07 Å². The Kier molecular flexibility index (Phi) is 7.27. The molecule has 0 unspecified atom stereocenters. The molecule has 128 valence electrons. The van der Waals surface area contributed by atoms with Gasteiger partial charge < -0.3 is 10.1 Å². The van der Waals surface area contributed by atoms with Crippen molar-refractivity contribution in [2.24, 2.45) is 0 Å². The molecule has 0 radical (unpaired) electrons. The summed E-state index contributed by atoms with van der Waals surface area (Å²) in [4.78, 5) is 27.6. The Labute approximate surface area is 149 Å². The van der Waals surface area contributed by atoms with Crippen LogP contribution in [-0.4, -0.2) is 29.2 Å². The van der Waals surface area contributed by atoms with Crippen LogP contribution in [0.5, 0.6) is 0 Å². The molecule has 0 bridgehead atoms. The molecule has 1 N–H and O–H groups in total. The highest BCUT2D eigenvalue weighted by Gasteiger charge is 2.10. The van der Waals surface area contributed by atoms with E-state index >= 15 is 0 Å². The van der Waals surface area contributed by atoms with Crippen LogP contribution in [0.25, 0.3) is 0 Å². The number of nitrogens with one attached hydrogen (secondary N) is 1. The number of nitrogens with zero attached hydrogens (tertiary/aromatic N) is 1. The minimum Gasteiger partial charge on any atom is -0.466 e. The Morgan fingerprint density at radius 3 is 2.96 bits per heavy atom. The van der Waals surface area contributed by atoms with E-state index in [0.29, 0.717) is 23.2 Å². The summed E-state index contributed by atoms with van der Waals surface area (Å²) in [5.41, 5.74) is 3.04. The average molecular weight is 364 g/mol. The fourth-order valence-corrected chi connectivity index (χ4v) is 3.53. The molecule has 0 saturated heterocycles. The van der Waals surface area contributed by atoms with Crippen molar-refractivity contribution in [3.8, 4) is 0 Å². The number of ether oxygens (including phenoxy) is 1. The third-order valence-electron chi connectivity index (χ3n) is 3.01. The Bertz CT molecular complexity index is 701. The molecule has 7 heteroatoms. The molecule has 0 aliphatic heterocycles. The van der Waals surface area contributed by atoms with Gasteiger partial charge in [-0.2, -0.15) is 0 Å². The second-order valence-corrected chi connectivity index (χ2v) is 7.00. The van der Waals surface area contributed by atoms with Crippen LogP contribution in [0.3, 0.4) is 0 Å². The van der Waals surface area contributed by atoms with Gasteiger partial charge in [-0.3, -0.25) is 9.59 Å². The minimum atomic E-state index is -0.311. The molecule has 1 heterocycles. The van der Waals surface area contributed by atoms with Gasteiger partial charge in [0.05, 0.1) is 24.5 Å². The van der Waals surface area contributed by atoms with Gasteiger partial charge in [-0.1, -0.05) is 29.8 Å². The zero-order chi connectivity index (χ0) is 17.4. The lowest BCUT2D eigenvalue weighted by Gasteiger charge is -2.03. The summed E-state index contributed by atoms with van der Waals surface area (Å²) in [5.74, 6) is 0.751. The van der Waals surface area contributed by atoms with Crippen molar-refractivity contribution < 1.29 is 14.3 Å². The van der Waals surface area contributed by atoms with Crippen LogP contribution in [-0.2, 0) is 26.5 Å². The van der Waals surface area contributed by atoms with Crippen LogP contribution < -0.4 is 5.32 Å². The van der Waals surface area contributed by atoms with E-state index in [9.17, 15) is 9.59 Å². The summed E-state index contributed by atoms with van der Waals surface area (Å²) < 4.78 is 4.87. The van der Waals surface area contributed by atoms with Crippen LogP contribution in [0.4, 0.5) is 5.13 Å². The molecule has 2 aromatic rings. The van der Waals surface area contributed by atoms with Crippen molar-refractivity contribution in [3.63, 3.8) is 0 Å². The number of benzene rings is 1. The molecule has 2 rings (SSSR count). The maximum absolute atomic E-state index is 11.9. The molecule has 1 amide bonds. The monoisotopic (exact) mass is 364 g/mol. The highest BCUT2D eigenvalue weighted by molar-refractivity contribution is 7.99. The van der Waals surface area contributed by atoms with Crippen LogP contribution in [0.2, 0.25) is 0 Å². The predicted molar refractivity (Wildman–Crippen MR) is 98.4 cm³/mol. The quantitative estimate of drug-likeness (QED) is 0.727. The van der Waals surface area contributed by atoms with Crippen molar-refractivity contribution in [3.05, 3.63) is 46.5 Å². The van der Waals surface area contributed by atoms with Crippen LogP contribution in [0.1, 0.15) is 23.7 Å². The van der Waals surface area contributed by atoms with Gasteiger partial charge in [0, 0.05) is 11.1 Å². The first-order chi connectivity index (χ1) is 11.6. The number of esters is 1. The fourth-order valence-electron chi connectivity index (χ4n) is 2.02. The summed E-state index contributed by atoms with van der Waals surface area (Å²) in [7, 11) is 0. The summed E-state index contributed by atoms with van der Waals surface area (Å²) >= 11 is 2.87. The number of amides is 1. The van der Waals surface area contributed by atoms with Gasteiger partial charge in [0.1, 0.15) is 0 Å². The SMILES string of the molecule is CCOC(=O)Cc1csc(NC(=O)CSCc2cccc(C)c2)n1. The molecule has 0 atom stereocenters. The Morgan fingerprint density at radius 1 is 1.38 bits per heavy atom. The fraction of sp³-hybridized carbons (Fsp3) is 0.353. The predicted octanol–water partition coefficient (Wildman–Crippen LogP) is 3.43. The maximum atomic E-state index is 11.9. The van der Waals surface area contributed by atoms with E-state index in [1.165, 1.54) is 22.5 Å². The van der Waals surface area contributed by atoms with Gasteiger partial charge in [-0.25, -0.2) is 4.98 Å². The van der Waals surface area contributed by atoms with E-state index in [0.717, 1.165) is 5.75 Å². The van der Waals surface area contributed by atoms with Gasteiger partial charge >= 0.3 is 5.97 Å². The second kappa shape index (κ2) is 9.44. The largest absolute Gasteiger partial charge is 0.466 e. The van der Waals surface area contributed by atoms with E-state index in [4.69, 9.17) is 4.74 Å². The van der Waals surface area contributed by atoms with E-state index < -0.39 is 0 Å². The van der Waals surface area contributed by atoms with Crippen molar-refractivity contribution in [1.29, 1.82) is 0 Å². The summed E-state index contributed by atoms with van der Waals surface area (Å²) in [6, 6.07) is 8.25. The number of thioether (sulfide) groups is 1. The van der Waals surface area contributed by atoms with E-state index in [-0.39, 0.29) is 18.3 Å². The molecular formula is C17H20N2O3S2. The number of carbonyl (C=O) groups excluding carboxylic acids is 2. The summed E-state index contributed by atoms with van der Waals surface area (Å²) in [5, 5.41) is 5.03. The van der Waals surface area contributed by atoms with Gasteiger partial charge in [0.25, 0.3) is 0 Å². The van der Waals surface area contributed by atoms with Crippen LogP contribution >= 0.6 is 23.1 Å². The Hall–Kier alpha value is -1.86. The minimum absolute atomic E-state index is 0.0929. The Morgan fingerprint density at radius 2 is 2.21 bits per heavy atom. The average Bonchev–Trinajstić information content (AvgIpc) is 2.94. The first kappa shape index (κ1) is 18.5.